The third kappa shape index (κ3) is 2.87. The maximum absolute atomic E-state index is 11.8. The van der Waals surface area contributed by atoms with Crippen LogP contribution in [0.15, 0.2) is 36.8 Å². The first-order chi connectivity index (χ1) is 11.9. The van der Waals surface area contributed by atoms with E-state index in [1.54, 1.807) is 37.4 Å². The summed E-state index contributed by atoms with van der Waals surface area (Å²) in [7, 11) is 0. The number of amides is 1. The van der Waals surface area contributed by atoms with Crippen LogP contribution in [-0.2, 0) is 0 Å². The molecule has 0 aliphatic heterocycles. The lowest BCUT2D eigenvalue weighted by Gasteiger charge is -2.16. The highest BCUT2D eigenvalue weighted by Crippen LogP contribution is 2.38. The molecular formula is C18H17N5O2. The molecule has 0 saturated carbocycles. The molecule has 2 aromatic heterocycles. The zero-order chi connectivity index (χ0) is 18.1. The summed E-state index contributed by atoms with van der Waals surface area (Å²) >= 11 is 0. The number of nitrogen functional groups attached to an aromatic ring is 1. The molecule has 0 unspecified atom stereocenters. The Balaban J connectivity index is 2.36. The molecule has 0 atom stereocenters. The van der Waals surface area contributed by atoms with Gasteiger partial charge in [-0.25, -0.2) is 15.0 Å². The van der Waals surface area contributed by atoms with Gasteiger partial charge in [0.15, 0.2) is 5.69 Å². The maximum atomic E-state index is 11.8. The second kappa shape index (κ2) is 6.20. The lowest BCUT2D eigenvalue weighted by molar-refractivity contribution is 0.0996. The first-order valence-corrected chi connectivity index (χ1v) is 7.56. The van der Waals surface area contributed by atoms with E-state index in [2.05, 4.69) is 15.0 Å². The van der Waals surface area contributed by atoms with Crippen LogP contribution in [0.3, 0.4) is 0 Å². The Hall–Kier alpha value is -3.48. The van der Waals surface area contributed by atoms with Gasteiger partial charge < -0.3 is 16.6 Å². The lowest BCUT2D eigenvalue weighted by Crippen LogP contribution is -2.17. The monoisotopic (exact) mass is 335 g/mol. The molecule has 0 spiro atoms. The van der Waals surface area contributed by atoms with E-state index in [4.69, 9.17) is 11.5 Å². The number of nitrogens with zero attached hydrogens (tertiary/aromatic N) is 3. The topological polar surface area (TPSA) is 128 Å². The van der Waals surface area contributed by atoms with Crippen LogP contribution < -0.4 is 11.5 Å². The third-order valence-electron chi connectivity index (χ3n) is 4.05. The number of hydrogen-bond acceptors (Lipinski definition) is 6. The maximum Gasteiger partial charge on any atom is 0.269 e. The number of hydrogen-bond donors (Lipinski definition) is 3. The van der Waals surface area contributed by atoms with Crippen molar-refractivity contribution in [3.05, 3.63) is 53.6 Å². The highest BCUT2D eigenvalue weighted by Gasteiger charge is 2.20. The molecule has 1 aromatic carbocycles. The second-order valence-electron chi connectivity index (χ2n) is 5.68. The molecule has 0 radical (unpaired) electrons. The van der Waals surface area contributed by atoms with E-state index in [0.29, 0.717) is 22.5 Å². The molecule has 7 heteroatoms. The molecule has 25 heavy (non-hydrogen) atoms. The summed E-state index contributed by atoms with van der Waals surface area (Å²) in [6, 6.07) is 6.81. The Kier molecular flexibility index (Phi) is 4.06. The lowest BCUT2D eigenvalue weighted by atomic mass is 9.93. The Morgan fingerprint density at radius 1 is 1.16 bits per heavy atom. The Labute approximate surface area is 144 Å². The SMILES string of the molecule is Cc1ccc(O)c(C)c1-c1cc(-c2ccncn2)nc(C(N)=O)c1N. The number of anilines is 1. The number of phenolic OH excluding ortho intramolecular Hbond substituents is 1. The van der Waals surface area contributed by atoms with Crippen molar-refractivity contribution < 1.29 is 9.90 Å². The zero-order valence-corrected chi connectivity index (χ0v) is 13.8. The summed E-state index contributed by atoms with van der Waals surface area (Å²) in [5.74, 6) is -0.592. The number of phenols is 1. The molecule has 5 N–H and O–H groups in total. The van der Waals surface area contributed by atoms with E-state index in [1.165, 1.54) is 6.33 Å². The number of nitrogens with two attached hydrogens (primary N) is 2. The van der Waals surface area contributed by atoms with Crippen molar-refractivity contribution in [2.75, 3.05) is 5.73 Å². The quantitative estimate of drug-likeness (QED) is 0.673. The van der Waals surface area contributed by atoms with Gasteiger partial charge in [0.25, 0.3) is 5.91 Å². The van der Waals surface area contributed by atoms with E-state index in [1.807, 2.05) is 6.92 Å². The number of rotatable bonds is 3. The summed E-state index contributed by atoms with van der Waals surface area (Å²) in [6.07, 6.45) is 2.97. The average molecular weight is 335 g/mol. The molecule has 0 aliphatic carbocycles. The van der Waals surface area contributed by atoms with Crippen LogP contribution in [0.4, 0.5) is 5.69 Å². The van der Waals surface area contributed by atoms with Crippen LogP contribution in [0.25, 0.3) is 22.5 Å². The minimum Gasteiger partial charge on any atom is -0.508 e. The van der Waals surface area contributed by atoms with Crippen LogP contribution in [0.2, 0.25) is 0 Å². The fourth-order valence-electron chi connectivity index (χ4n) is 2.77. The Morgan fingerprint density at radius 2 is 1.92 bits per heavy atom. The number of aromatic nitrogens is 3. The van der Waals surface area contributed by atoms with Crippen LogP contribution in [0.1, 0.15) is 21.6 Å². The average Bonchev–Trinajstić information content (AvgIpc) is 2.60. The van der Waals surface area contributed by atoms with Crippen LogP contribution in [0.5, 0.6) is 5.75 Å². The normalized spacial score (nSPS) is 10.6. The summed E-state index contributed by atoms with van der Waals surface area (Å²) in [5, 5.41) is 10.1. The van der Waals surface area contributed by atoms with Gasteiger partial charge in [-0.15, -0.1) is 0 Å². The largest absolute Gasteiger partial charge is 0.508 e. The number of carbonyl (C=O) groups is 1. The number of carbonyl (C=O) groups excluding carboxylic acids is 1. The van der Waals surface area contributed by atoms with Crippen molar-refractivity contribution in [2.45, 2.75) is 13.8 Å². The van der Waals surface area contributed by atoms with Gasteiger partial charge in [0.2, 0.25) is 0 Å². The predicted molar refractivity (Wildman–Crippen MR) is 94.8 cm³/mol. The van der Waals surface area contributed by atoms with Gasteiger partial charge in [-0.2, -0.15) is 0 Å². The molecule has 1 amide bonds. The number of aryl methyl sites for hydroxylation is 1. The van der Waals surface area contributed by atoms with Gasteiger partial charge in [-0.3, -0.25) is 4.79 Å². The van der Waals surface area contributed by atoms with Gasteiger partial charge in [0, 0.05) is 11.8 Å². The Morgan fingerprint density at radius 3 is 2.56 bits per heavy atom. The summed E-state index contributed by atoms with van der Waals surface area (Å²) < 4.78 is 0. The molecule has 7 nitrogen and oxygen atoms in total. The van der Waals surface area contributed by atoms with Crippen LogP contribution in [0, 0.1) is 13.8 Å². The molecule has 0 bridgehead atoms. The van der Waals surface area contributed by atoms with Gasteiger partial charge in [0.05, 0.1) is 17.1 Å². The van der Waals surface area contributed by atoms with Crippen molar-refractivity contribution in [3.63, 3.8) is 0 Å². The summed E-state index contributed by atoms with van der Waals surface area (Å²) in [6.45, 7) is 3.68. The Bertz CT molecular complexity index is 971. The van der Waals surface area contributed by atoms with E-state index in [0.717, 1.165) is 11.1 Å². The molecule has 126 valence electrons. The number of primary amides is 1. The highest BCUT2D eigenvalue weighted by molar-refractivity contribution is 6.01. The first-order valence-electron chi connectivity index (χ1n) is 7.56. The summed E-state index contributed by atoms with van der Waals surface area (Å²) in [4.78, 5) is 24.1. The van der Waals surface area contributed by atoms with Crippen molar-refractivity contribution >= 4 is 11.6 Å². The predicted octanol–water partition coefficient (Wildman–Crippen LogP) is 2.21. The van der Waals surface area contributed by atoms with Crippen molar-refractivity contribution in [1.82, 2.24) is 15.0 Å². The molecular weight excluding hydrogens is 318 g/mol. The van der Waals surface area contributed by atoms with Crippen molar-refractivity contribution in [2.24, 2.45) is 5.73 Å². The summed E-state index contributed by atoms with van der Waals surface area (Å²) in [5.41, 5.74) is 15.6. The molecule has 3 aromatic rings. The minimum absolute atomic E-state index is 0.0340. The molecule has 2 heterocycles. The first kappa shape index (κ1) is 16.4. The van der Waals surface area contributed by atoms with Crippen molar-refractivity contribution in [1.29, 1.82) is 0 Å². The van der Waals surface area contributed by atoms with Gasteiger partial charge >= 0.3 is 0 Å². The fourth-order valence-corrected chi connectivity index (χ4v) is 2.77. The van der Waals surface area contributed by atoms with E-state index >= 15 is 0 Å². The number of benzene rings is 1. The van der Waals surface area contributed by atoms with Crippen molar-refractivity contribution in [3.8, 4) is 28.3 Å². The smallest absolute Gasteiger partial charge is 0.269 e. The fraction of sp³-hybridized carbons (Fsp3) is 0.111. The van der Waals surface area contributed by atoms with E-state index < -0.39 is 5.91 Å². The second-order valence-corrected chi connectivity index (χ2v) is 5.68. The standard InChI is InChI=1S/C18H17N5O2/c1-9-3-4-14(24)10(2)15(9)11-7-13(12-5-6-21-8-22-12)23-17(16(11)19)18(20)25/h3-8,24H,19H2,1-2H3,(H2,20,25). The van der Waals surface area contributed by atoms with Gasteiger partial charge in [-0.05, 0) is 48.7 Å². The minimum atomic E-state index is -0.731. The van der Waals surface area contributed by atoms with Gasteiger partial charge in [-0.1, -0.05) is 6.07 Å². The third-order valence-corrected chi connectivity index (χ3v) is 4.05. The molecule has 0 saturated heterocycles. The molecule has 3 rings (SSSR count). The molecule has 0 fully saturated rings. The number of pyridine rings is 1. The van der Waals surface area contributed by atoms with E-state index in [9.17, 15) is 9.90 Å². The van der Waals surface area contributed by atoms with Gasteiger partial charge in [0.1, 0.15) is 12.1 Å². The molecule has 0 aliphatic rings. The van der Waals surface area contributed by atoms with Crippen LogP contribution in [-0.4, -0.2) is 26.0 Å². The highest BCUT2D eigenvalue weighted by atomic mass is 16.3. The number of aromatic hydroxyl groups is 1. The van der Waals surface area contributed by atoms with E-state index in [-0.39, 0.29) is 17.1 Å². The van der Waals surface area contributed by atoms with Crippen LogP contribution >= 0.6 is 0 Å². The zero-order valence-electron chi connectivity index (χ0n) is 13.8.